The van der Waals surface area contributed by atoms with E-state index in [1.54, 1.807) is 36.4 Å². The van der Waals surface area contributed by atoms with Crippen molar-refractivity contribution >= 4 is 23.5 Å². The maximum atomic E-state index is 12.4. The van der Waals surface area contributed by atoms with E-state index >= 15 is 0 Å². The van der Waals surface area contributed by atoms with Gasteiger partial charge in [-0.3, -0.25) is 9.59 Å². The lowest BCUT2D eigenvalue weighted by Gasteiger charge is -2.14. The molecule has 3 rings (SSSR count). The lowest BCUT2D eigenvalue weighted by molar-refractivity contribution is -0.123. The van der Waals surface area contributed by atoms with Crippen LogP contribution in [0.5, 0.6) is 17.2 Å². The molecular formula is C24H22N2O6. The van der Waals surface area contributed by atoms with Crippen molar-refractivity contribution in [2.75, 3.05) is 11.9 Å². The molecule has 1 atom stereocenters. The van der Waals surface area contributed by atoms with Gasteiger partial charge in [0, 0.05) is 5.69 Å². The SMILES string of the molecule is C[C@@H](OC(=O)c1cccc(OCC(N)=O)c1)C(=O)Nc1ccc(Oc2ccccc2)cc1. The van der Waals surface area contributed by atoms with Crippen LogP contribution < -0.4 is 20.5 Å². The first-order valence-corrected chi connectivity index (χ1v) is 9.76. The van der Waals surface area contributed by atoms with Crippen LogP contribution in [0.1, 0.15) is 17.3 Å². The third kappa shape index (κ3) is 6.60. The molecule has 8 heteroatoms. The highest BCUT2D eigenvalue weighted by atomic mass is 16.5. The third-order valence-electron chi connectivity index (χ3n) is 4.20. The van der Waals surface area contributed by atoms with Crippen LogP contribution in [0.2, 0.25) is 0 Å². The molecule has 3 N–H and O–H groups in total. The maximum absolute atomic E-state index is 12.4. The van der Waals surface area contributed by atoms with Crippen LogP contribution in [0.3, 0.4) is 0 Å². The Kier molecular flexibility index (Phi) is 7.42. The Morgan fingerprint density at radius 1 is 0.875 bits per heavy atom. The second-order valence-corrected chi connectivity index (χ2v) is 6.76. The monoisotopic (exact) mass is 434 g/mol. The van der Waals surface area contributed by atoms with Gasteiger partial charge in [0.05, 0.1) is 5.56 Å². The largest absolute Gasteiger partial charge is 0.484 e. The molecule has 8 nitrogen and oxygen atoms in total. The lowest BCUT2D eigenvalue weighted by Crippen LogP contribution is -2.30. The summed E-state index contributed by atoms with van der Waals surface area (Å²) in [6.45, 7) is 1.15. The van der Waals surface area contributed by atoms with Gasteiger partial charge < -0.3 is 25.3 Å². The fourth-order valence-electron chi connectivity index (χ4n) is 2.62. The van der Waals surface area contributed by atoms with Gasteiger partial charge >= 0.3 is 5.97 Å². The highest BCUT2D eigenvalue weighted by molar-refractivity contribution is 5.97. The second kappa shape index (κ2) is 10.6. The standard InChI is InChI=1S/C24H22N2O6/c1-16(31-24(29)17-6-5-9-21(14-17)30-15-22(25)27)23(28)26-18-10-12-20(13-11-18)32-19-7-3-2-4-8-19/h2-14,16H,15H2,1H3,(H2,25,27)(H,26,28)/t16-/m1/s1. The molecule has 2 amide bonds. The molecule has 3 aromatic carbocycles. The summed E-state index contributed by atoms with van der Waals surface area (Å²) in [5, 5.41) is 2.69. The van der Waals surface area contributed by atoms with Gasteiger partial charge in [0.1, 0.15) is 17.2 Å². The minimum atomic E-state index is -1.04. The fraction of sp³-hybridized carbons (Fsp3) is 0.125. The number of ether oxygens (including phenoxy) is 3. The minimum Gasteiger partial charge on any atom is -0.484 e. The highest BCUT2D eigenvalue weighted by Gasteiger charge is 2.19. The Labute approximate surface area is 184 Å². The van der Waals surface area contributed by atoms with Crippen molar-refractivity contribution < 1.29 is 28.6 Å². The van der Waals surface area contributed by atoms with Crippen molar-refractivity contribution in [3.8, 4) is 17.2 Å². The summed E-state index contributed by atoms with van der Waals surface area (Å²) in [6.07, 6.45) is -1.04. The van der Waals surface area contributed by atoms with Gasteiger partial charge in [-0.2, -0.15) is 0 Å². The van der Waals surface area contributed by atoms with E-state index in [1.807, 2.05) is 30.3 Å². The van der Waals surface area contributed by atoms with Gasteiger partial charge in [0.25, 0.3) is 11.8 Å². The zero-order valence-electron chi connectivity index (χ0n) is 17.3. The Balaban J connectivity index is 1.53. The molecular weight excluding hydrogens is 412 g/mol. The summed E-state index contributed by atoms with van der Waals surface area (Å²) in [5.74, 6) is -0.225. The normalized spacial score (nSPS) is 11.2. The highest BCUT2D eigenvalue weighted by Crippen LogP contribution is 2.23. The van der Waals surface area contributed by atoms with E-state index in [9.17, 15) is 14.4 Å². The Morgan fingerprint density at radius 3 is 2.22 bits per heavy atom. The Morgan fingerprint density at radius 2 is 1.53 bits per heavy atom. The van der Waals surface area contributed by atoms with E-state index in [0.29, 0.717) is 17.2 Å². The molecule has 164 valence electrons. The number of benzene rings is 3. The zero-order valence-corrected chi connectivity index (χ0v) is 17.3. The van der Waals surface area contributed by atoms with Gasteiger partial charge in [-0.05, 0) is 61.5 Å². The summed E-state index contributed by atoms with van der Waals surface area (Å²) < 4.78 is 16.1. The molecule has 0 aliphatic carbocycles. The number of nitrogens with one attached hydrogen (secondary N) is 1. The summed E-state index contributed by atoms with van der Waals surface area (Å²) in [5.41, 5.74) is 5.74. The van der Waals surface area contributed by atoms with Gasteiger partial charge in [0.2, 0.25) is 0 Å². The minimum absolute atomic E-state index is 0.175. The van der Waals surface area contributed by atoms with Gasteiger partial charge in [-0.15, -0.1) is 0 Å². The molecule has 3 aromatic rings. The van der Waals surface area contributed by atoms with E-state index in [2.05, 4.69) is 5.32 Å². The maximum Gasteiger partial charge on any atom is 0.339 e. The molecule has 0 unspecified atom stereocenters. The number of carbonyl (C=O) groups excluding carboxylic acids is 3. The molecule has 32 heavy (non-hydrogen) atoms. The van der Waals surface area contributed by atoms with Crippen LogP contribution in [-0.2, 0) is 14.3 Å². The molecule has 0 heterocycles. The number of esters is 1. The number of primary amides is 1. The summed E-state index contributed by atoms with van der Waals surface area (Å²) in [7, 11) is 0. The quantitative estimate of drug-likeness (QED) is 0.498. The molecule has 0 bridgehead atoms. The molecule has 0 aliphatic heterocycles. The van der Waals surface area contributed by atoms with Crippen LogP contribution >= 0.6 is 0 Å². The number of hydrogen-bond donors (Lipinski definition) is 2. The average Bonchev–Trinajstić information content (AvgIpc) is 2.79. The van der Waals surface area contributed by atoms with Crippen molar-refractivity contribution in [1.82, 2.24) is 0 Å². The van der Waals surface area contributed by atoms with Crippen LogP contribution in [0, 0.1) is 0 Å². The number of carbonyl (C=O) groups is 3. The molecule has 0 saturated carbocycles. The van der Waals surface area contributed by atoms with Gasteiger partial charge in [-0.1, -0.05) is 24.3 Å². The van der Waals surface area contributed by atoms with Crippen molar-refractivity contribution in [3.05, 3.63) is 84.4 Å². The molecule has 0 spiro atoms. The van der Waals surface area contributed by atoms with E-state index in [4.69, 9.17) is 19.9 Å². The summed E-state index contributed by atoms with van der Waals surface area (Å²) >= 11 is 0. The van der Waals surface area contributed by atoms with E-state index in [-0.39, 0.29) is 17.9 Å². The van der Waals surface area contributed by atoms with Crippen molar-refractivity contribution in [3.63, 3.8) is 0 Å². The fourth-order valence-corrected chi connectivity index (χ4v) is 2.62. The number of rotatable bonds is 9. The van der Waals surface area contributed by atoms with Crippen LogP contribution in [0.4, 0.5) is 5.69 Å². The lowest BCUT2D eigenvalue weighted by atomic mass is 10.2. The first-order chi connectivity index (χ1) is 15.4. The average molecular weight is 434 g/mol. The third-order valence-corrected chi connectivity index (χ3v) is 4.20. The predicted molar refractivity (Wildman–Crippen MR) is 118 cm³/mol. The summed E-state index contributed by atoms with van der Waals surface area (Å²) in [6, 6.07) is 22.2. The van der Waals surface area contributed by atoms with Crippen molar-refractivity contribution in [1.29, 1.82) is 0 Å². The topological polar surface area (TPSA) is 117 Å². The Bertz CT molecular complexity index is 1080. The van der Waals surface area contributed by atoms with Crippen LogP contribution in [0.15, 0.2) is 78.9 Å². The Hall–Kier alpha value is -4.33. The first-order valence-electron chi connectivity index (χ1n) is 9.76. The molecule has 0 radical (unpaired) electrons. The molecule has 0 saturated heterocycles. The number of amides is 2. The van der Waals surface area contributed by atoms with Crippen molar-refractivity contribution in [2.24, 2.45) is 5.73 Å². The van der Waals surface area contributed by atoms with Gasteiger partial charge in [0.15, 0.2) is 12.7 Å². The zero-order chi connectivity index (χ0) is 22.9. The van der Waals surface area contributed by atoms with E-state index in [0.717, 1.165) is 0 Å². The predicted octanol–water partition coefficient (Wildman–Crippen LogP) is 3.53. The number of anilines is 1. The smallest absolute Gasteiger partial charge is 0.339 e. The molecule has 0 aromatic heterocycles. The van der Waals surface area contributed by atoms with Crippen molar-refractivity contribution in [2.45, 2.75) is 13.0 Å². The van der Waals surface area contributed by atoms with Gasteiger partial charge in [-0.25, -0.2) is 4.79 Å². The summed E-state index contributed by atoms with van der Waals surface area (Å²) in [4.78, 5) is 35.6. The van der Waals surface area contributed by atoms with E-state index < -0.39 is 23.9 Å². The first kappa shape index (κ1) is 22.4. The number of para-hydroxylation sites is 1. The van der Waals surface area contributed by atoms with E-state index in [1.165, 1.54) is 19.1 Å². The van der Waals surface area contributed by atoms with Crippen LogP contribution in [0.25, 0.3) is 0 Å². The second-order valence-electron chi connectivity index (χ2n) is 6.76. The molecule has 0 aliphatic rings. The number of nitrogens with two attached hydrogens (primary N) is 1. The molecule has 0 fully saturated rings. The number of hydrogen-bond acceptors (Lipinski definition) is 6. The van der Waals surface area contributed by atoms with Crippen LogP contribution in [-0.4, -0.2) is 30.5 Å².